The maximum Gasteiger partial charge on any atom is 0.224 e. The Bertz CT molecular complexity index is 965. The Hall–Kier alpha value is -2.32. The van der Waals surface area contributed by atoms with Crippen molar-refractivity contribution in [1.82, 2.24) is 9.80 Å². The Kier molecular flexibility index (Phi) is 9.26. The smallest absolute Gasteiger partial charge is 0.224 e. The van der Waals surface area contributed by atoms with Crippen molar-refractivity contribution < 1.29 is 19.0 Å². The lowest BCUT2D eigenvalue weighted by molar-refractivity contribution is -0.116. The minimum atomic E-state index is -0.00731. The number of hydrogen-bond donors (Lipinski definition) is 1. The van der Waals surface area contributed by atoms with Gasteiger partial charge in [-0.05, 0) is 55.1 Å². The van der Waals surface area contributed by atoms with Crippen LogP contribution in [-0.2, 0) is 16.1 Å². The number of morpholine rings is 1. The lowest BCUT2D eigenvalue weighted by Crippen LogP contribution is -2.53. The van der Waals surface area contributed by atoms with Crippen LogP contribution in [0.3, 0.4) is 0 Å². The van der Waals surface area contributed by atoms with E-state index in [2.05, 4.69) is 27.2 Å². The first-order chi connectivity index (χ1) is 17.1. The number of hydrogen-bond acceptors (Lipinski definition) is 6. The van der Waals surface area contributed by atoms with E-state index in [0.29, 0.717) is 35.6 Å². The normalized spacial score (nSPS) is 21.5. The number of carbonyl (C=O) groups excluding carboxylic acids is 1. The predicted molar refractivity (Wildman–Crippen MR) is 138 cm³/mol. The second kappa shape index (κ2) is 12.6. The van der Waals surface area contributed by atoms with Crippen LogP contribution >= 0.6 is 11.6 Å². The van der Waals surface area contributed by atoms with E-state index < -0.39 is 0 Å². The molecule has 0 unspecified atom stereocenters. The van der Waals surface area contributed by atoms with Gasteiger partial charge in [-0.2, -0.15) is 0 Å². The fourth-order valence-electron chi connectivity index (χ4n) is 5.20. The summed E-state index contributed by atoms with van der Waals surface area (Å²) in [6.07, 6.45) is 2.39. The highest BCUT2D eigenvalue weighted by molar-refractivity contribution is 6.30. The van der Waals surface area contributed by atoms with Crippen molar-refractivity contribution in [1.29, 1.82) is 0 Å². The molecule has 1 N–H and O–H groups in total. The van der Waals surface area contributed by atoms with Crippen molar-refractivity contribution in [3.8, 4) is 11.5 Å². The van der Waals surface area contributed by atoms with Gasteiger partial charge in [-0.3, -0.25) is 14.6 Å². The summed E-state index contributed by atoms with van der Waals surface area (Å²) < 4.78 is 16.3. The van der Waals surface area contributed by atoms with E-state index in [-0.39, 0.29) is 5.91 Å². The molecule has 0 spiro atoms. The van der Waals surface area contributed by atoms with E-state index in [4.69, 9.17) is 25.8 Å². The molecule has 7 nitrogen and oxygen atoms in total. The van der Waals surface area contributed by atoms with Gasteiger partial charge in [0.1, 0.15) is 11.5 Å². The van der Waals surface area contributed by atoms with Crippen molar-refractivity contribution in [3.63, 3.8) is 0 Å². The molecule has 8 heteroatoms. The van der Waals surface area contributed by atoms with E-state index in [9.17, 15) is 4.79 Å². The van der Waals surface area contributed by atoms with Crippen LogP contribution in [-0.4, -0.2) is 75.4 Å². The molecule has 4 rings (SSSR count). The van der Waals surface area contributed by atoms with Crippen LogP contribution in [0.4, 0.5) is 5.69 Å². The molecule has 2 aliphatic rings. The van der Waals surface area contributed by atoms with Crippen molar-refractivity contribution in [3.05, 3.63) is 53.1 Å². The van der Waals surface area contributed by atoms with Gasteiger partial charge in [0, 0.05) is 49.7 Å². The van der Waals surface area contributed by atoms with Crippen molar-refractivity contribution in [2.45, 2.75) is 31.8 Å². The average molecular weight is 502 g/mol. The fourth-order valence-corrected chi connectivity index (χ4v) is 5.33. The molecule has 1 amide bonds. The van der Waals surface area contributed by atoms with E-state index in [1.807, 2.05) is 18.2 Å². The average Bonchev–Trinajstić information content (AvgIpc) is 2.89. The summed E-state index contributed by atoms with van der Waals surface area (Å²) in [6, 6.07) is 14.0. The summed E-state index contributed by atoms with van der Waals surface area (Å²) in [5.41, 5.74) is 1.90. The van der Waals surface area contributed by atoms with E-state index in [1.54, 1.807) is 26.4 Å². The third-order valence-corrected chi connectivity index (χ3v) is 7.29. The maximum absolute atomic E-state index is 12.9. The number of likely N-dealkylation sites (tertiary alicyclic amines) is 1. The van der Waals surface area contributed by atoms with Crippen LogP contribution < -0.4 is 14.8 Å². The molecule has 2 aromatic carbocycles. The van der Waals surface area contributed by atoms with E-state index >= 15 is 0 Å². The molecular weight excluding hydrogens is 466 g/mol. The summed E-state index contributed by atoms with van der Waals surface area (Å²) in [7, 11) is 3.21. The molecule has 0 saturated carbocycles. The lowest BCUT2D eigenvalue weighted by atomic mass is 9.86. The summed E-state index contributed by atoms with van der Waals surface area (Å²) in [4.78, 5) is 18.0. The molecule has 2 atom stereocenters. The van der Waals surface area contributed by atoms with Crippen LogP contribution in [0.2, 0.25) is 5.02 Å². The number of methoxy groups -OCH3 is 2. The molecule has 35 heavy (non-hydrogen) atoms. The summed E-state index contributed by atoms with van der Waals surface area (Å²) in [5, 5.41) is 3.78. The first kappa shape index (κ1) is 25.8. The second-order valence-corrected chi connectivity index (χ2v) is 9.72. The number of ether oxygens (including phenoxy) is 3. The molecule has 0 aromatic heterocycles. The van der Waals surface area contributed by atoms with Crippen molar-refractivity contribution >= 4 is 23.2 Å². The molecule has 2 fully saturated rings. The molecular formula is C27H36ClN3O4. The van der Waals surface area contributed by atoms with Gasteiger partial charge in [0.05, 0.1) is 33.1 Å². The first-order valence-electron chi connectivity index (χ1n) is 12.4. The topological polar surface area (TPSA) is 63.3 Å². The summed E-state index contributed by atoms with van der Waals surface area (Å²) in [6.45, 7) is 6.42. The van der Waals surface area contributed by atoms with Crippen molar-refractivity contribution in [2.24, 2.45) is 5.92 Å². The van der Waals surface area contributed by atoms with Gasteiger partial charge in [0.15, 0.2) is 0 Å². The van der Waals surface area contributed by atoms with Gasteiger partial charge in [-0.1, -0.05) is 23.7 Å². The number of rotatable bonds is 9. The van der Waals surface area contributed by atoms with Crippen LogP contribution in [0, 0.1) is 5.92 Å². The molecule has 0 bridgehead atoms. The Labute approximate surface area is 213 Å². The first-order valence-corrected chi connectivity index (χ1v) is 12.7. The second-order valence-electron chi connectivity index (χ2n) is 9.28. The van der Waals surface area contributed by atoms with Gasteiger partial charge in [0.25, 0.3) is 0 Å². The third-order valence-electron chi connectivity index (χ3n) is 7.04. The van der Waals surface area contributed by atoms with E-state index in [1.165, 1.54) is 5.56 Å². The standard InChI is InChI=1S/C27H36ClN3O4/c1-33-23-8-9-26(34-2)24(17-23)29-27(32)10-5-21-19-30(18-20-3-6-22(28)7-4-20)12-11-25(21)31-13-15-35-16-14-31/h3-4,6-9,17,21,25H,5,10-16,18-19H2,1-2H3,(H,29,32)/t21-,25+/m1/s1. The lowest BCUT2D eigenvalue weighted by Gasteiger charge is -2.45. The number of benzene rings is 2. The molecule has 0 aliphatic carbocycles. The number of amides is 1. The van der Waals surface area contributed by atoms with E-state index in [0.717, 1.165) is 63.8 Å². The minimum Gasteiger partial charge on any atom is -0.497 e. The fraction of sp³-hybridized carbons (Fsp3) is 0.519. The Balaban J connectivity index is 1.40. The number of carbonyl (C=O) groups is 1. The zero-order valence-electron chi connectivity index (χ0n) is 20.7. The highest BCUT2D eigenvalue weighted by atomic mass is 35.5. The number of piperidine rings is 1. The van der Waals surface area contributed by atoms with Crippen LogP contribution in [0.25, 0.3) is 0 Å². The Morgan fingerprint density at radius 3 is 2.57 bits per heavy atom. The molecule has 2 saturated heterocycles. The Morgan fingerprint density at radius 2 is 1.86 bits per heavy atom. The van der Waals surface area contributed by atoms with Gasteiger partial charge in [-0.15, -0.1) is 0 Å². The number of nitrogens with one attached hydrogen (secondary N) is 1. The number of nitrogens with zero attached hydrogens (tertiary/aromatic N) is 2. The largest absolute Gasteiger partial charge is 0.497 e. The molecule has 2 aliphatic heterocycles. The van der Waals surface area contributed by atoms with Gasteiger partial charge >= 0.3 is 0 Å². The zero-order chi connectivity index (χ0) is 24.6. The Morgan fingerprint density at radius 1 is 1.09 bits per heavy atom. The number of halogens is 1. The van der Waals surface area contributed by atoms with Gasteiger partial charge < -0.3 is 19.5 Å². The van der Waals surface area contributed by atoms with Crippen LogP contribution in [0.15, 0.2) is 42.5 Å². The monoisotopic (exact) mass is 501 g/mol. The quantitative estimate of drug-likeness (QED) is 0.552. The molecule has 0 radical (unpaired) electrons. The van der Waals surface area contributed by atoms with Crippen LogP contribution in [0.1, 0.15) is 24.8 Å². The zero-order valence-corrected chi connectivity index (χ0v) is 21.4. The summed E-state index contributed by atoms with van der Waals surface area (Å²) in [5.74, 6) is 1.70. The predicted octanol–water partition coefficient (Wildman–Crippen LogP) is 4.30. The SMILES string of the molecule is COc1ccc(OC)c(NC(=O)CC[C@@H]2CN(Cc3ccc(Cl)cc3)CC[C@@H]2N2CCOCC2)c1. The molecule has 2 heterocycles. The highest BCUT2D eigenvalue weighted by Crippen LogP contribution is 2.31. The van der Waals surface area contributed by atoms with Gasteiger partial charge in [0.2, 0.25) is 5.91 Å². The van der Waals surface area contributed by atoms with Crippen LogP contribution in [0.5, 0.6) is 11.5 Å². The molecule has 2 aromatic rings. The minimum absolute atomic E-state index is 0.00731. The maximum atomic E-state index is 12.9. The van der Waals surface area contributed by atoms with Crippen molar-refractivity contribution in [2.75, 3.05) is 58.9 Å². The molecule has 190 valence electrons. The number of anilines is 1. The van der Waals surface area contributed by atoms with Gasteiger partial charge in [-0.25, -0.2) is 0 Å². The summed E-state index contributed by atoms with van der Waals surface area (Å²) >= 11 is 6.07. The highest BCUT2D eigenvalue weighted by Gasteiger charge is 2.34. The third kappa shape index (κ3) is 7.10.